The summed E-state index contributed by atoms with van der Waals surface area (Å²) in [6.45, 7) is 4.72. The number of benzene rings is 3. The number of halogens is 1. The molecular formula is C28H28FN3O4. The second-order valence-corrected chi connectivity index (χ2v) is 8.83. The number of piperidine rings is 1. The Balaban J connectivity index is 1.52. The van der Waals surface area contributed by atoms with Crippen molar-refractivity contribution in [3.05, 3.63) is 77.6 Å². The standard InChI is InChI=1S/C28H28FN3O4/c1-2-35-25-16-18(6-11-22(25)19-7-9-20(29)10-8-19)17-32(21-12-14-30-15-13-21)28-31-24-5-3-4-23(27(33)34)26(24)36-28/h3-11,16,21,30H,2,12-15,17H2,1H3,(H,33,34). The van der Waals surface area contributed by atoms with Gasteiger partial charge in [0.25, 0.3) is 6.01 Å². The summed E-state index contributed by atoms with van der Waals surface area (Å²) in [4.78, 5) is 18.5. The van der Waals surface area contributed by atoms with Crippen LogP contribution in [0.2, 0.25) is 0 Å². The Morgan fingerprint density at radius 2 is 1.94 bits per heavy atom. The highest BCUT2D eigenvalue weighted by molar-refractivity contribution is 6.00. The van der Waals surface area contributed by atoms with Crippen LogP contribution in [0.1, 0.15) is 35.7 Å². The van der Waals surface area contributed by atoms with Crippen molar-refractivity contribution in [1.82, 2.24) is 10.3 Å². The first-order chi connectivity index (χ1) is 17.5. The Bertz CT molecular complexity index is 1360. The minimum atomic E-state index is -1.05. The molecule has 2 heterocycles. The van der Waals surface area contributed by atoms with E-state index in [4.69, 9.17) is 9.15 Å². The van der Waals surface area contributed by atoms with Crippen molar-refractivity contribution >= 4 is 23.1 Å². The number of oxazole rings is 1. The second kappa shape index (κ2) is 10.4. The van der Waals surface area contributed by atoms with E-state index in [0.717, 1.165) is 48.4 Å². The van der Waals surface area contributed by atoms with Gasteiger partial charge in [-0.1, -0.05) is 30.3 Å². The third-order valence-electron chi connectivity index (χ3n) is 6.48. The minimum Gasteiger partial charge on any atom is -0.493 e. The number of anilines is 1. The summed E-state index contributed by atoms with van der Waals surface area (Å²) >= 11 is 0. The van der Waals surface area contributed by atoms with E-state index in [1.165, 1.54) is 18.2 Å². The van der Waals surface area contributed by atoms with Gasteiger partial charge < -0.3 is 24.5 Å². The number of hydrogen-bond acceptors (Lipinski definition) is 6. The molecule has 0 aliphatic carbocycles. The summed E-state index contributed by atoms with van der Waals surface area (Å²) in [5, 5.41) is 13.0. The fourth-order valence-electron chi connectivity index (χ4n) is 4.70. The molecule has 5 rings (SSSR count). The molecule has 0 unspecified atom stereocenters. The monoisotopic (exact) mass is 489 g/mol. The van der Waals surface area contributed by atoms with Gasteiger partial charge in [-0.3, -0.25) is 0 Å². The molecule has 1 fully saturated rings. The second-order valence-electron chi connectivity index (χ2n) is 8.83. The maximum atomic E-state index is 13.5. The molecule has 36 heavy (non-hydrogen) atoms. The fraction of sp³-hybridized carbons (Fsp3) is 0.286. The molecule has 0 bridgehead atoms. The number of aromatic carboxylic acids is 1. The lowest BCUT2D eigenvalue weighted by Crippen LogP contribution is -2.43. The average Bonchev–Trinajstić information content (AvgIpc) is 3.33. The van der Waals surface area contributed by atoms with Crippen molar-refractivity contribution in [1.29, 1.82) is 0 Å². The van der Waals surface area contributed by atoms with Gasteiger partial charge in [0.1, 0.15) is 22.6 Å². The summed E-state index contributed by atoms with van der Waals surface area (Å²) in [7, 11) is 0. The zero-order chi connectivity index (χ0) is 25.1. The third kappa shape index (κ3) is 4.90. The van der Waals surface area contributed by atoms with Crippen molar-refractivity contribution in [3.8, 4) is 16.9 Å². The van der Waals surface area contributed by atoms with Crippen molar-refractivity contribution < 1.29 is 23.4 Å². The molecule has 7 nitrogen and oxygen atoms in total. The number of carboxylic acids is 1. The number of hydrogen-bond donors (Lipinski definition) is 2. The number of carbonyl (C=O) groups is 1. The van der Waals surface area contributed by atoms with Crippen LogP contribution in [0.3, 0.4) is 0 Å². The topological polar surface area (TPSA) is 87.8 Å². The van der Waals surface area contributed by atoms with Crippen LogP contribution in [0.15, 0.2) is 65.1 Å². The molecule has 0 amide bonds. The number of carboxylic acid groups (broad SMARTS) is 1. The summed E-state index contributed by atoms with van der Waals surface area (Å²) < 4.78 is 25.5. The molecule has 0 spiro atoms. The molecule has 0 radical (unpaired) electrons. The number of para-hydroxylation sites is 1. The SMILES string of the molecule is CCOc1cc(CN(c2nc3cccc(C(=O)O)c3o2)C2CCNCC2)ccc1-c1ccc(F)cc1. The first-order valence-corrected chi connectivity index (χ1v) is 12.2. The van der Waals surface area contributed by atoms with E-state index in [2.05, 4.69) is 15.2 Å². The number of rotatable bonds is 8. The van der Waals surface area contributed by atoms with Gasteiger partial charge in [0.2, 0.25) is 0 Å². The normalized spacial score (nSPS) is 14.2. The molecule has 1 aliphatic heterocycles. The van der Waals surface area contributed by atoms with E-state index < -0.39 is 5.97 Å². The average molecular weight is 490 g/mol. The lowest BCUT2D eigenvalue weighted by atomic mass is 10.0. The molecular weight excluding hydrogens is 461 g/mol. The van der Waals surface area contributed by atoms with Crippen LogP contribution in [0.5, 0.6) is 5.75 Å². The highest BCUT2D eigenvalue weighted by atomic mass is 19.1. The maximum absolute atomic E-state index is 13.5. The first-order valence-electron chi connectivity index (χ1n) is 12.2. The van der Waals surface area contributed by atoms with Crippen LogP contribution in [0.4, 0.5) is 10.4 Å². The Morgan fingerprint density at radius 3 is 2.67 bits per heavy atom. The number of fused-ring (bicyclic) bond motifs is 1. The van der Waals surface area contributed by atoms with E-state index in [-0.39, 0.29) is 23.0 Å². The largest absolute Gasteiger partial charge is 0.493 e. The van der Waals surface area contributed by atoms with Crippen molar-refractivity contribution in [3.63, 3.8) is 0 Å². The van der Waals surface area contributed by atoms with Crippen LogP contribution >= 0.6 is 0 Å². The number of aromatic nitrogens is 1. The van der Waals surface area contributed by atoms with Crippen LogP contribution in [-0.2, 0) is 6.54 Å². The summed E-state index contributed by atoms with van der Waals surface area (Å²) in [5.41, 5.74) is 3.66. The van der Waals surface area contributed by atoms with Crippen molar-refractivity contribution in [2.24, 2.45) is 0 Å². The molecule has 0 atom stereocenters. The van der Waals surface area contributed by atoms with Crippen LogP contribution < -0.4 is 15.0 Å². The molecule has 1 saturated heterocycles. The number of ether oxygens (including phenoxy) is 1. The van der Waals surface area contributed by atoms with Gasteiger partial charge >= 0.3 is 5.97 Å². The molecule has 1 aromatic heterocycles. The highest BCUT2D eigenvalue weighted by Gasteiger charge is 2.27. The van der Waals surface area contributed by atoms with Gasteiger partial charge in [-0.2, -0.15) is 4.98 Å². The molecule has 0 saturated carbocycles. The predicted octanol–water partition coefficient (Wildman–Crippen LogP) is 5.49. The van der Waals surface area contributed by atoms with E-state index in [1.54, 1.807) is 24.3 Å². The van der Waals surface area contributed by atoms with Gasteiger partial charge in [0.05, 0.1) is 6.61 Å². The molecule has 2 N–H and O–H groups in total. The molecule has 8 heteroatoms. The summed E-state index contributed by atoms with van der Waals surface area (Å²) in [6, 6.07) is 17.9. The summed E-state index contributed by atoms with van der Waals surface area (Å²) in [5.74, 6) is -0.609. The molecule has 186 valence electrons. The Labute approximate surface area is 208 Å². The summed E-state index contributed by atoms with van der Waals surface area (Å²) in [6.07, 6.45) is 1.83. The van der Waals surface area contributed by atoms with Gasteiger partial charge in [0, 0.05) is 18.2 Å². The molecule has 4 aromatic rings. The van der Waals surface area contributed by atoms with Crippen LogP contribution in [0, 0.1) is 5.82 Å². The van der Waals surface area contributed by atoms with Crippen LogP contribution in [0.25, 0.3) is 22.2 Å². The van der Waals surface area contributed by atoms with Crippen LogP contribution in [-0.4, -0.2) is 41.8 Å². The Kier molecular flexibility index (Phi) is 6.86. The van der Waals surface area contributed by atoms with Gasteiger partial charge in [-0.05, 0) is 74.3 Å². The highest BCUT2D eigenvalue weighted by Crippen LogP contribution is 2.34. The molecule has 1 aliphatic rings. The van der Waals surface area contributed by atoms with E-state index in [0.29, 0.717) is 24.7 Å². The van der Waals surface area contributed by atoms with Crippen molar-refractivity contribution in [2.75, 3.05) is 24.6 Å². The zero-order valence-electron chi connectivity index (χ0n) is 20.0. The van der Waals surface area contributed by atoms with Crippen molar-refractivity contribution in [2.45, 2.75) is 32.4 Å². The Hall–Kier alpha value is -3.91. The quantitative estimate of drug-likeness (QED) is 0.338. The van der Waals surface area contributed by atoms with E-state index in [1.807, 2.05) is 25.1 Å². The number of nitrogens with one attached hydrogen (secondary N) is 1. The van der Waals surface area contributed by atoms with E-state index >= 15 is 0 Å². The lowest BCUT2D eigenvalue weighted by Gasteiger charge is -2.33. The van der Waals surface area contributed by atoms with Gasteiger partial charge in [-0.25, -0.2) is 9.18 Å². The van der Waals surface area contributed by atoms with Gasteiger partial charge in [0.15, 0.2) is 5.58 Å². The lowest BCUT2D eigenvalue weighted by molar-refractivity contribution is 0.0698. The number of nitrogens with zero attached hydrogens (tertiary/aromatic N) is 2. The Morgan fingerprint density at radius 1 is 1.17 bits per heavy atom. The third-order valence-corrected chi connectivity index (χ3v) is 6.48. The van der Waals surface area contributed by atoms with E-state index in [9.17, 15) is 14.3 Å². The predicted molar refractivity (Wildman–Crippen MR) is 136 cm³/mol. The minimum absolute atomic E-state index is 0.0961. The maximum Gasteiger partial charge on any atom is 0.339 e. The zero-order valence-corrected chi connectivity index (χ0v) is 20.0. The van der Waals surface area contributed by atoms with Gasteiger partial charge in [-0.15, -0.1) is 0 Å². The smallest absolute Gasteiger partial charge is 0.339 e. The molecule has 3 aromatic carbocycles. The fourth-order valence-corrected chi connectivity index (χ4v) is 4.70. The first kappa shape index (κ1) is 23.8.